The molecule has 3 aliphatic heterocycles. The van der Waals surface area contributed by atoms with E-state index in [1.54, 1.807) is 0 Å². The van der Waals surface area contributed by atoms with Crippen molar-refractivity contribution in [2.75, 3.05) is 13.2 Å². The van der Waals surface area contributed by atoms with Crippen molar-refractivity contribution in [3.63, 3.8) is 0 Å². The lowest BCUT2D eigenvalue weighted by atomic mass is 9.85. The van der Waals surface area contributed by atoms with Gasteiger partial charge in [0.2, 0.25) is 11.7 Å². The molecular weight excluding hydrogens is 474 g/mol. The van der Waals surface area contributed by atoms with Crippen LogP contribution in [0.4, 0.5) is 4.79 Å². The summed E-state index contributed by atoms with van der Waals surface area (Å²) in [5, 5.41) is 42.4. The number of hydrogen-bond acceptors (Lipinski definition) is 14. The summed E-state index contributed by atoms with van der Waals surface area (Å²) in [5.74, 6) is -4.56. The average molecular weight is 491 g/mol. The molecule has 2 saturated heterocycles. The van der Waals surface area contributed by atoms with Gasteiger partial charge in [-0.15, -0.1) is 0 Å². The average Bonchev–Trinajstić information content (AvgIpc) is 3.02. The van der Waals surface area contributed by atoms with Gasteiger partial charge in [-0.05, 0) is 0 Å². The molecule has 0 aliphatic carbocycles. The number of aliphatic hydroxyl groups is 2. The molecule has 3 heterocycles. The van der Waals surface area contributed by atoms with Gasteiger partial charge in [-0.1, -0.05) is 0 Å². The maximum atomic E-state index is 11.5. The molecule has 176 valence electrons. The summed E-state index contributed by atoms with van der Waals surface area (Å²) in [6.45, 7) is -1.70. The van der Waals surface area contributed by atoms with Crippen molar-refractivity contribution in [1.29, 1.82) is 5.41 Å². The van der Waals surface area contributed by atoms with E-state index in [0.29, 0.717) is 0 Å². The SMILES string of the molecule is N=C1N(O)[C@@H](COC(=O)NS(=O)(=O)O)[C@H]2N=C(N)N[C@]23N1C[C@H](OS(=O)(=O)O)C3(O)O. The van der Waals surface area contributed by atoms with Crippen LogP contribution in [0.5, 0.6) is 0 Å². The van der Waals surface area contributed by atoms with Gasteiger partial charge in [0.25, 0.3) is 0 Å². The summed E-state index contributed by atoms with van der Waals surface area (Å²) in [6, 6.07) is -3.19. The smallest absolute Gasteiger partial charge is 0.422 e. The third-order valence-electron chi connectivity index (χ3n) is 4.80. The van der Waals surface area contributed by atoms with Gasteiger partial charge < -0.3 is 30.9 Å². The van der Waals surface area contributed by atoms with Gasteiger partial charge in [0.1, 0.15) is 18.7 Å². The number of nitrogens with zero attached hydrogens (tertiary/aromatic N) is 3. The fourth-order valence-electron chi connectivity index (χ4n) is 3.70. The van der Waals surface area contributed by atoms with E-state index < -0.39 is 81.5 Å². The first-order chi connectivity index (χ1) is 14.0. The van der Waals surface area contributed by atoms with Crippen LogP contribution in [0, 0.1) is 5.41 Å². The van der Waals surface area contributed by atoms with E-state index in [-0.39, 0.29) is 5.06 Å². The predicted molar refractivity (Wildman–Crippen MR) is 92.7 cm³/mol. The van der Waals surface area contributed by atoms with Crippen LogP contribution in [0.1, 0.15) is 0 Å². The fourth-order valence-corrected chi connectivity index (χ4v) is 4.46. The Balaban J connectivity index is 1.96. The molecule has 0 aromatic heterocycles. The number of nitrogens with one attached hydrogen (secondary N) is 3. The highest BCUT2D eigenvalue weighted by Gasteiger charge is 2.76. The molecule has 1 spiro atoms. The molecular formula is C10H17N7O12S2. The lowest BCUT2D eigenvalue weighted by molar-refractivity contribution is -0.265. The van der Waals surface area contributed by atoms with Crippen LogP contribution in [0.25, 0.3) is 0 Å². The second kappa shape index (κ2) is 6.99. The molecule has 0 aromatic rings. The molecule has 4 atom stereocenters. The Morgan fingerprint density at radius 2 is 1.97 bits per heavy atom. The van der Waals surface area contributed by atoms with Crippen molar-refractivity contribution in [1.82, 2.24) is 20.0 Å². The third kappa shape index (κ3) is 3.80. The van der Waals surface area contributed by atoms with Crippen molar-refractivity contribution in [2.45, 2.75) is 29.6 Å². The molecule has 3 aliphatic rings. The second-order valence-electron chi connectivity index (χ2n) is 6.61. The van der Waals surface area contributed by atoms with E-state index in [1.807, 2.05) is 0 Å². The van der Waals surface area contributed by atoms with Crippen molar-refractivity contribution < 1.29 is 55.1 Å². The maximum Gasteiger partial charge on any atom is 0.422 e. The Kier molecular flexibility index (Phi) is 5.22. The molecule has 19 nitrogen and oxygen atoms in total. The Labute approximate surface area is 173 Å². The molecule has 10 N–H and O–H groups in total. The Morgan fingerprint density at radius 3 is 2.52 bits per heavy atom. The molecule has 2 fully saturated rings. The molecule has 0 aromatic carbocycles. The van der Waals surface area contributed by atoms with E-state index in [1.165, 1.54) is 0 Å². The third-order valence-corrected chi connectivity index (χ3v) is 5.70. The number of rotatable bonds is 5. The minimum Gasteiger partial charge on any atom is -0.446 e. The van der Waals surface area contributed by atoms with Gasteiger partial charge in [-0.25, -0.2) is 19.0 Å². The quantitative estimate of drug-likeness (QED) is 0.128. The highest BCUT2D eigenvalue weighted by molar-refractivity contribution is 7.84. The number of guanidine groups is 2. The normalized spacial score (nSPS) is 32.1. The maximum absolute atomic E-state index is 11.5. The minimum atomic E-state index is -5.20. The number of carbonyl (C=O) groups is 1. The predicted octanol–water partition coefficient (Wildman–Crippen LogP) is -5.31. The first-order valence-electron chi connectivity index (χ1n) is 7.98. The Hall–Kier alpha value is -2.53. The molecule has 21 heteroatoms. The van der Waals surface area contributed by atoms with Gasteiger partial charge in [0.15, 0.2) is 17.7 Å². The van der Waals surface area contributed by atoms with Gasteiger partial charge >= 0.3 is 26.8 Å². The summed E-state index contributed by atoms with van der Waals surface area (Å²) in [5.41, 5.74) is 3.27. The molecule has 3 rings (SSSR count). The van der Waals surface area contributed by atoms with Crippen molar-refractivity contribution in [3.8, 4) is 0 Å². The van der Waals surface area contributed by atoms with E-state index in [0.717, 1.165) is 9.62 Å². The monoisotopic (exact) mass is 491 g/mol. The van der Waals surface area contributed by atoms with Crippen molar-refractivity contribution in [3.05, 3.63) is 0 Å². The van der Waals surface area contributed by atoms with Gasteiger partial charge in [-0.2, -0.15) is 21.6 Å². The van der Waals surface area contributed by atoms with Gasteiger partial charge in [0, 0.05) is 0 Å². The molecule has 31 heavy (non-hydrogen) atoms. The van der Waals surface area contributed by atoms with Crippen LogP contribution in [-0.2, 0) is 29.6 Å². The first kappa shape index (κ1) is 23.1. The zero-order chi connectivity index (χ0) is 23.6. The number of amides is 1. The highest BCUT2D eigenvalue weighted by Crippen LogP contribution is 2.47. The number of nitrogens with two attached hydrogens (primary N) is 1. The topological polar surface area (TPSA) is 298 Å². The van der Waals surface area contributed by atoms with E-state index in [9.17, 15) is 37.1 Å². The summed E-state index contributed by atoms with van der Waals surface area (Å²) < 4.78 is 71.0. The molecule has 1 amide bonds. The zero-order valence-corrected chi connectivity index (χ0v) is 16.6. The molecule has 0 unspecified atom stereocenters. The van der Waals surface area contributed by atoms with Crippen LogP contribution in [0.2, 0.25) is 0 Å². The summed E-state index contributed by atoms with van der Waals surface area (Å²) in [6.07, 6.45) is -3.78. The van der Waals surface area contributed by atoms with E-state index in [2.05, 4.69) is 19.2 Å². The number of hydrogen-bond donors (Lipinski definition) is 9. The van der Waals surface area contributed by atoms with E-state index >= 15 is 0 Å². The summed E-state index contributed by atoms with van der Waals surface area (Å²) in [4.78, 5) is 16.1. The summed E-state index contributed by atoms with van der Waals surface area (Å²) >= 11 is 0. The number of hydroxylamine groups is 2. The number of ether oxygens (including phenoxy) is 1. The Morgan fingerprint density at radius 1 is 1.35 bits per heavy atom. The fraction of sp³-hybridized carbons (Fsp3) is 0.700. The van der Waals surface area contributed by atoms with Crippen molar-refractivity contribution >= 4 is 38.7 Å². The van der Waals surface area contributed by atoms with Crippen LogP contribution in [0.3, 0.4) is 0 Å². The first-order valence-corrected chi connectivity index (χ1v) is 10.8. The molecule has 0 radical (unpaired) electrons. The van der Waals surface area contributed by atoms with Gasteiger partial charge in [0.05, 0.1) is 6.54 Å². The standard InChI is InChI=1S/C10H17N7O12S2/c11-6-13-5-3(2-28-8(18)15-30(22,23)24)17(21)7(12)16-1-4(29-31(25,26)27)10(19,20)9(5,16)14-6/h3-5,12,19-21H,1-2H2,(H,15,18)(H3,11,13,14)(H,22,23,24)(H,25,26,27)/t3-,4-,5+,9-/m0/s1. The number of aliphatic imine (C=N–C) groups is 1. The molecule has 0 saturated carbocycles. The van der Waals surface area contributed by atoms with Crippen molar-refractivity contribution in [2.24, 2.45) is 10.7 Å². The van der Waals surface area contributed by atoms with Crippen LogP contribution in [0.15, 0.2) is 4.99 Å². The van der Waals surface area contributed by atoms with Crippen LogP contribution >= 0.6 is 0 Å². The number of carbonyl (C=O) groups excluding carboxylic acids is 1. The largest absolute Gasteiger partial charge is 0.446 e. The molecule has 0 bridgehead atoms. The van der Waals surface area contributed by atoms with Crippen LogP contribution in [-0.4, -0.2) is 112 Å². The minimum absolute atomic E-state index is 0.166. The van der Waals surface area contributed by atoms with Gasteiger partial charge in [-0.3, -0.25) is 19.7 Å². The van der Waals surface area contributed by atoms with E-state index in [4.69, 9.17) is 20.2 Å². The second-order valence-corrected chi connectivity index (χ2v) is 8.81. The Bertz CT molecular complexity index is 1040. The summed E-state index contributed by atoms with van der Waals surface area (Å²) in [7, 11) is -10.2. The zero-order valence-electron chi connectivity index (χ0n) is 15.0. The highest BCUT2D eigenvalue weighted by atomic mass is 32.3. The van der Waals surface area contributed by atoms with Crippen LogP contribution < -0.4 is 15.8 Å². The lowest BCUT2D eigenvalue weighted by Gasteiger charge is -2.52. The lowest BCUT2D eigenvalue weighted by Crippen LogP contribution is -2.80.